The van der Waals surface area contributed by atoms with Crippen molar-refractivity contribution < 1.29 is 46.5 Å². The molecule has 28 heteroatoms. The number of H-pyrrole nitrogens is 4. The van der Waals surface area contributed by atoms with Crippen LogP contribution in [0.2, 0.25) is 20.1 Å². The zero-order valence-corrected chi connectivity index (χ0v) is 72.9. The summed E-state index contributed by atoms with van der Waals surface area (Å²) in [6, 6.07) is 45.7. The van der Waals surface area contributed by atoms with Gasteiger partial charge in [0.25, 0.3) is 11.8 Å². The van der Waals surface area contributed by atoms with E-state index < -0.39 is 16.1 Å². The highest BCUT2D eigenvalue weighted by Crippen LogP contribution is 2.44. The quantitative estimate of drug-likeness (QED) is 0.0527. The van der Waals surface area contributed by atoms with Gasteiger partial charge in [-0.15, -0.1) is 0 Å². The number of ether oxygens (including phenoxy) is 4. The highest BCUT2D eigenvalue weighted by Gasteiger charge is 2.39. The number of rotatable bonds is 16. The van der Waals surface area contributed by atoms with Crippen LogP contribution in [-0.2, 0) is 54.7 Å². The van der Waals surface area contributed by atoms with Crippen molar-refractivity contribution in [3.63, 3.8) is 0 Å². The van der Waals surface area contributed by atoms with E-state index in [2.05, 4.69) is 68.4 Å². The first kappa shape index (κ1) is 86.4. The Balaban J connectivity index is 0.000000133. The Labute approximate surface area is 716 Å². The van der Waals surface area contributed by atoms with Crippen molar-refractivity contribution in [2.75, 3.05) is 146 Å². The second-order valence-corrected chi connectivity index (χ2v) is 36.3. The largest absolute Gasteiger partial charge is 0.450 e. The number of hydrogen-bond acceptors (Lipinski definition) is 14. The maximum atomic E-state index is 13.5. The molecule has 6 N–H and O–H groups in total. The molecule has 23 nitrogen and oxygen atoms in total. The highest BCUT2D eigenvalue weighted by atomic mass is 35.5. The van der Waals surface area contributed by atoms with E-state index in [9.17, 15) is 27.6 Å². The van der Waals surface area contributed by atoms with E-state index in [1.165, 1.54) is 32.0 Å². The lowest BCUT2D eigenvalue weighted by atomic mass is 9.84. The van der Waals surface area contributed by atoms with Crippen LogP contribution in [-0.4, -0.2) is 232 Å². The Kier molecular flexibility index (Phi) is 27.6. The average molecular weight is 1720 g/mol. The summed E-state index contributed by atoms with van der Waals surface area (Å²) in [5, 5.41) is 14.7. The minimum absolute atomic E-state index is 0.00920. The molecule has 11 aromatic rings. The maximum absolute atomic E-state index is 13.5. The van der Waals surface area contributed by atoms with Gasteiger partial charge in [-0.2, -0.15) is 4.31 Å². The predicted molar refractivity (Wildman–Crippen MR) is 472 cm³/mol. The molecular weight excluding hydrogens is 1610 g/mol. The first-order valence-corrected chi connectivity index (χ1v) is 44.0. The first-order valence-electron chi connectivity index (χ1n) is 41.1. The third-order valence-corrected chi connectivity index (χ3v) is 26.0. The molecule has 0 bridgehead atoms. The van der Waals surface area contributed by atoms with Gasteiger partial charge in [0.05, 0.1) is 44.0 Å². The molecule has 6 aliphatic rings. The number of fused-ring (bicyclic) bond motifs is 12. The summed E-state index contributed by atoms with van der Waals surface area (Å²) in [6.45, 7) is 21.7. The van der Waals surface area contributed by atoms with E-state index in [1.807, 2.05) is 159 Å². The number of nitrogens with zero attached hydrogens (tertiary/aromatic N) is 7. The lowest BCUT2D eigenvalue weighted by molar-refractivity contribution is 0.0593. The number of nitrogens with one attached hydrogen (secondary N) is 6. The van der Waals surface area contributed by atoms with E-state index >= 15 is 0 Å². The van der Waals surface area contributed by atoms with E-state index in [1.54, 1.807) is 40.9 Å². The van der Waals surface area contributed by atoms with Crippen LogP contribution in [0.4, 0.5) is 9.59 Å². The van der Waals surface area contributed by atoms with Crippen LogP contribution in [0, 0.1) is 5.41 Å². The highest BCUT2D eigenvalue weighted by molar-refractivity contribution is 7.89. The van der Waals surface area contributed by atoms with Crippen molar-refractivity contribution in [1.82, 2.24) is 64.3 Å². The van der Waals surface area contributed by atoms with Gasteiger partial charge < -0.3 is 64.2 Å². The molecule has 4 atom stereocenters. The Bertz CT molecular complexity index is 5580. The van der Waals surface area contributed by atoms with Gasteiger partial charge in [-0.25, -0.2) is 18.0 Å². The zero-order chi connectivity index (χ0) is 84.0. The summed E-state index contributed by atoms with van der Waals surface area (Å²) in [4.78, 5) is 78.2. The lowest BCUT2D eigenvalue weighted by Crippen LogP contribution is -2.49. The number of aromatic amines is 4. The molecule has 10 heterocycles. The van der Waals surface area contributed by atoms with Crippen molar-refractivity contribution in [3.8, 4) is 0 Å². The summed E-state index contributed by atoms with van der Waals surface area (Å²) in [5.74, 6) is -0.0179. The van der Waals surface area contributed by atoms with E-state index in [4.69, 9.17) is 65.4 Å². The molecule has 4 amide bonds. The minimum atomic E-state index is -3.48. The predicted octanol–water partition coefficient (Wildman–Crippen LogP) is 16.4. The molecular formula is C91H107Cl4N13O10S. The van der Waals surface area contributed by atoms with Crippen LogP contribution in [0.15, 0.2) is 150 Å². The van der Waals surface area contributed by atoms with Gasteiger partial charge in [-0.3, -0.25) is 24.3 Å². The number of morpholine rings is 1. The SMILES string of the molecule is CC(C)(C)CC1NCCc2c1[nH]c1ccc(Cl)cc21.CCOC(=O)N1CCc2c([nH]c3ccc(Cl)cc23)C1c1ccc(C(=O)N(C)CCN(C)C)cc1.CCOC(=O)N1CCc2c([nH]c3ccc(Cl)cc23)C1c1cccc(C(=O)N2CCN(CCOC)CC2)c1.O=S(=O)(c1ccc(C2NCCc3c2[nH]c2ccc(Cl)cc32)cc1)N1CCOCC1. The van der Waals surface area contributed by atoms with Crippen molar-refractivity contribution in [3.05, 3.63) is 239 Å². The summed E-state index contributed by atoms with van der Waals surface area (Å²) in [7, 11) is 4.00. The van der Waals surface area contributed by atoms with Crippen LogP contribution < -0.4 is 10.6 Å². The summed E-state index contributed by atoms with van der Waals surface area (Å²) >= 11 is 24.9. The Morgan fingerprint density at radius 3 is 1.50 bits per heavy atom. The Morgan fingerprint density at radius 2 is 1.00 bits per heavy atom. The fraction of sp³-hybridized carbons (Fsp3) is 0.407. The van der Waals surface area contributed by atoms with Crippen molar-refractivity contribution >= 4 is 124 Å². The second kappa shape index (κ2) is 38.0. The number of carbonyl (C=O) groups excluding carboxylic acids is 4. The first-order chi connectivity index (χ1) is 57.3. The van der Waals surface area contributed by atoms with Gasteiger partial charge in [-0.05, 0) is 220 Å². The number of likely N-dealkylation sites (N-methyl/N-ethyl adjacent to an activating group) is 2. The number of aromatic nitrogens is 4. The molecule has 6 aliphatic heterocycles. The molecule has 0 aliphatic carbocycles. The maximum Gasteiger partial charge on any atom is 0.410 e. The topological polar surface area (TPSA) is 249 Å². The normalized spacial score (nSPS) is 18.3. The van der Waals surface area contributed by atoms with Gasteiger partial charge in [-0.1, -0.05) is 104 Å². The van der Waals surface area contributed by atoms with Crippen molar-refractivity contribution in [2.24, 2.45) is 5.41 Å². The third kappa shape index (κ3) is 19.5. The number of carbonyl (C=O) groups is 4. The fourth-order valence-corrected chi connectivity index (χ4v) is 19.3. The number of benzene rings is 7. The number of sulfonamides is 1. The van der Waals surface area contributed by atoms with Gasteiger partial charge in [0.2, 0.25) is 10.0 Å². The third-order valence-electron chi connectivity index (χ3n) is 23.2. The molecule has 0 radical (unpaired) electrons. The molecule has 0 saturated carbocycles. The molecule has 4 aromatic heterocycles. The number of amides is 4. The molecule has 2 fully saturated rings. The monoisotopic (exact) mass is 1710 g/mol. The fourth-order valence-electron chi connectivity index (χ4n) is 17.2. The lowest BCUT2D eigenvalue weighted by Gasteiger charge is -2.36. The number of piperazine rings is 1. The van der Waals surface area contributed by atoms with Gasteiger partial charge in [0.15, 0.2) is 0 Å². The van der Waals surface area contributed by atoms with Crippen molar-refractivity contribution in [2.45, 2.75) is 95.8 Å². The molecule has 17 rings (SSSR count). The minimum Gasteiger partial charge on any atom is -0.450 e. The van der Waals surface area contributed by atoms with Gasteiger partial charge >= 0.3 is 12.2 Å². The molecule has 4 unspecified atom stereocenters. The molecule has 0 spiro atoms. The van der Waals surface area contributed by atoms with E-state index in [0.717, 1.165) is 146 Å². The number of hydrogen-bond donors (Lipinski definition) is 6. The zero-order valence-electron chi connectivity index (χ0n) is 69.1. The second-order valence-electron chi connectivity index (χ2n) is 32.6. The smallest absolute Gasteiger partial charge is 0.410 e. The van der Waals surface area contributed by atoms with Crippen molar-refractivity contribution in [1.29, 1.82) is 0 Å². The number of methoxy groups -OCH3 is 1. The number of halogens is 4. The van der Waals surface area contributed by atoms with Crippen LogP contribution in [0.1, 0.15) is 148 Å². The molecule has 119 heavy (non-hydrogen) atoms. The average Bonchev–Trinajstić information content (AvgIpc) is 1.62. The van der Waals surface area contributed by atoms with Crippen LogP contribution in [0.25, 0.3) is 43.6 Å². The van der Waals surface area contributed by atoms with Gasteiger partial charge in [0, 0.05) is 196 Å². The standard InChI is InChI=1S/C28H33ClN4O4.C26H31ClN4O3.C21H22ClN3O3S.C16H21ClN2/c1-3-37-28(35)33-10-9-22-23-18-21(29)7-8-24(23)30-25(22)26(33)19-5-4-6-20(17-19)27(34)32-13-11-31(12-14-32)15-16-36-2;1-5-34-26(33)31-13-12-20-21-16-19(27)10-11-22(21)28-23(20)24(31)17-6-8-18(9-7-17)25(32)30(4)15-14-29(2)3;22-15-3-6-19-18(13-15)17-7-8-23-20(21(17)24-19)14-1-4-16(5-2-14)29(26,27)25-9-11-28-12-10-25;1-16(2,3)9-14-15-11(6-7-18-14)12-8-10(17)4-5-13(12)19-15/h4-8,17-18,26,30H,3,9-16H2,1-2H3;6-11,16,24,28H,5,12-15H2,1-4H3;1-6,13,20,23-24H,7-12H2;4-5,8,14,18-19H,6-7,9H2,1-3H3. The summed E-state index contributed by atoms with van der Waals surface area (Å²) < 4.78 is 48.4. The van der Waals surface area contributed by atoms with E-state index in [0.29, 0.717) is 129 Å². The molecule has 630 valence electrons. The summed E-state index contributed by atoms with van der Waals surface area (Å²) in [5.41, 5.74) is 18.0. The Morgan fingerprint density at radius 1 is 0.521 bits per heavy atom. The summed E-state index contributed by atoms with van der Waals surface area (Å²) in [6.07, 6.45) is 3.83. The van der Waals surface area contributed by atoms with Crippen LogP contribution in [0.3, 0.4) is 0 Å². The Hall–Kier alpha value is -8.99. The van der Waals surface area contributed by atoms with E-state index in [-0.39, 0.29) is 36.1 Å². The van der Waals surface area contributed by atoms with Crippen LogP contribution in [0.5, 0.6) is 0 Å². The van der Waals surface area contributed by atoms with Gasteiger partial charge in [0.1, 0.15) is 12.1 Å². The molecule has 2 saturated heterocycles. The molecule has 7 aromatic carbocycles. The van der Waals surface area contributed by atoms with Crippen LogP contribution >= 0.6 is 46.4 Å².